The van der Waals surface area contributed by atoms with E-state index in [1.54, 1.807) is 0 Å². The van der Waals surface area contributed by atoms with Crippen LogP contribution < -0.4 is 0 Å². The third kappa shape index (κ3) is 4.08. The zero-order valence-electron chi connectivity index (χ0n) is 14.2. The van der Waals surface area contributed by atoms with Gasteiger partial charge in [0.05, 0.1) is 0 Å². The summed E-state index contributed by atoms with van der Waals surface area (Å²) in [4.78, 5) is 2.29. The molecule has 0 saturated carbocycles. The summed E-state index contributed by atoms with van der Waals surface area (Å²) in [7, 11) is 4.31. The molecule has 0 radical (unpaired) electrons. The van der Waals surface area contributed by atoms with Gasteiger partial charge in [-0.25, -0.2) is 0 Å². The average Bonchev–Trinajstić information content (AvgIpc) is 2.56. The van der Waals surface area contributed by atoms with Crippen LogP contribution in [0.15, 0.2) is 60.7 Å². The van der Waals surface area contributed by atoms with Crippen LogP contribution in [0.4, 0.5) is 0 Å². The number of hydrogen-bond donors (Lipinski definition) is 0. The summed E-state index contributed by atoms with van der Waals surface area (Å²) >= 11 is 0. The van der Waals surface area contributed by atoms with E-state index >= 15 is 0 Å². The van der Waals surface area contributed by atoms with Gasteiger partial charge in [-0.1, -0.05) is 67.6 Å². The van der Waals surface area contributed by atoms with E-state index < -0.39 is 0 Å². The van der Waals surface area contributed by atoms with Crippen LogP contribution in [0.25, 0.3) is 11.1 Å². The Bertz CT molecular complexity index is 596. The summed E-state index contributed by atoms with van der Waals surface area (Å²) in [5.74, 6) is 0. The van der Waals surface area contributed by atoms with Crippen LogP contribution in [-0.4, -0.2) is 25.0 Å². The van der Waals surface area contributed by atoms with Gasteiger partial charge in [0.15, 0.2) is 0 Å². The van der Waals surface area contributed by atoms with Crippen molar-refractivity contribution in [2.75, 3.05) is 14.1 Å². The SMILES string of the molecule is CC/C(=C(\C[C@H](C)N(C)C)c1ccccc1)c1ccccc1. The molecule has 0 spiro atoms. The molecule has 116 valence electrons. The topological polar surface area (TPSA) is 3.24 Å². The lowest BCUT2D eigenvalue weighted by molar-refractivity contribution is 0.319. The Morgan fingerprint density at radius 2 is 1.27 bits per heavy atom. The van der Waals surface area contributed by atoms with Crippen molar-refractivity contribution in [3.63, 3.8) is 0 Å². The summed E-state index contributed by atoms with van der Waals surface area (Å²) in [5.41, 5.74) is 5.61. The zero-order valence-corrected chi connectivity index (χ0v) is 14.2. The molecule has 2 rings (SSSR count). The predicted molar refractivity (Wildman–Crippen MR) is 97.8 cm³/mol. The molecule has 0 fully saturated rings. The molecular formula is C21H27N. The van der Waals surface area contributed by atoms with Crippen molar-refractivity contribution in [1.29, 1.82) is 0 Å². The molecule has 0 aliphatic heterocycles. The second kappa shape index (κ2) is 7.95. The van der Waals surface area contributed by atoms with E-state index in [1.165, 1.54) is 22.3 Å². The molecule has 0 N–H and O–H groups in total. The molecule has 1 heteroatoms. The van der Waals surface area contributed by atoms with Crippen LogP contribution in [0.3, 0.4) is 0 Å². The van der Waals surface area contributed by atoms with Crippen molar-refractivity contribution in [2.24, 2.45) is 0 Å². The number of allylic oxidation sites excluding steroid dienone is 1. The van der Waals surface area contributed by atoms with Gasteiger partial charge in [-0.15, -0.1) is 0 Å². The Morgan fingerprint density at radius 3 is 1.68 bits per heavy atom. The maximum atomic E-state index is 2.29. The maximum absolute atomic E-state index is 2.29. The number of rotatable bonds is 6. The first kappa shape index (κ1) is 16.5. The molecule has 0 heterocycles. The Labute approximate surface area is 135 Å². The first-order chi connectivity index (χ1) is 10.6. The third-order valence-corrected chi connectivity index (χ3v) is 4.34. The molecule has 1 atom stereocenters. The fourth-order valence-corrected chi connectivity index (χ4v) is 2.76. The molecule has 0 aliphatic carbocycles. The van der Waals surface area contributed by atoms with E-state index in [9.17, 15) is 0 Å². The largest absolute Gasteiger partial charge is 0.306 e. The van der Waals surface area contributed by atoms with Crippen LogP contribution >= 0.6 is 0 Å². The Hall–Kier alpha value is -1.86. The first-order valence-electron chi connectivity index (χ1n) is 8.12. The van der Waals surface area contributed by atoms with E-state index in [4.69, 9.17) is 0 Å². The van der Waals surface area contributed by atoms with Crippen molar-refractivity contribution in [3.05, 3.63) is 71.8 Å². The van der Waals surface area contributed by atoms with E-state index in [-0.39, 0.29) is 0 Å². The Morgan fingerprint density at radius 1 is 0.818 bits per heavy atom. The highest BCUT2D eigenvalue weighted by atomic mass is 15.1. The minimum Gasteiger partial charge on any atom is -0.306 e. The van der Waals surface area contributed by atoms with Crippen molar-refractivity contribution in [2.45, 2.75) is 32.7 Å². The highest BCUT2D eigenvalue weighted by Crippen LogP contribution is 2.32. The van der Waals surface area contributed by atoms with E-state index in [2.05, 4.69) is 93.5 Å². The summed E-state index contributed by atoms with van der Waals surface area (Å²) in [6.45, 7) is 4.55. The van der Waals surface area contributed by atoms with Gasteiger partial charge in [0, 0.05) is 6.04 Å². The van der Waals surface area contributed by atoms with Gasteiger partial charge in [0.25, 0.3) is 0 Å². The van der Waals surface area contributed by atoms with Gasteiger partial charge in [-0.05, 0) is 56.1 Å². The molecular weight excluding hydrogens is 266 g/mol. The van der Waals surface area contributed by atoms with Crippen molar-refractivity contribution < 1.29 is 0 Å². The molecule has 0 unspecified atom stereocenters. The number of nitrogens with zero attached hydrogens (tertiary/aromatic N) is 1. The summed E-state index contributed by atoms with van der Waals surface area (Å²) in [5, 5.41) is 0. The summed E-state index contributed by atoms with van der Waals surface area (Å²) in [6, 6.07) is 22.1. The summed E-state index contributed by atoms with van der Waals surface area (Å²) < 4.78 is 0. The lowest BCUT2D eigenvalue weighted by Crippen LogP contribution is -2.25. The van der Waals surface area contributed by atoms with Gasteiger partial charge >= 0.3 is 0 Å². The van der Waals surface area contributed by atoms with Crippen LogP contribution in [0.2, 0.25) is 0 Å². The highest BCUT2D eigenvalue weighted by molar-refractivity contribution is 5.90. The van der Waals surface area contributed by atoms with E-state index in [1.807, 2.05) is 0 Å². The second-order valence-electron chi connectivity index (χ2n) is 6.06. The van der Waals surface area contributed by atoms with Gasteiger partial charge in [-0.2, -0.15) is 0 Å². The lowest BCUT2D eigenvalue weighted by Gasteiger charge is -2.24. The van der Waals surface area contributed by atoms with Crippen molar-refractivity contribution in [1.82, 2.24) is 4.90 Å². The zero-order chi connectivity index (χ0) is 15.9. The van der Waals surface area contributed by atoms with Crippen LogP contribution in [0.5, 0.6) is 0 Å². The number of hydrogen-bond acceptors (Lipinski definition) is 1. The summed E-state index contributed by atoms with van der Waals surface area (Å²) in [6.07, 6.45) is 2.11. The molecule has 2 aromatic rings. The van der Waals surface area contributed by atoms with Gasteiger partial charge in [0.2, 0.25) is 0 Å². The standard InChI is InChI=1S/C21H27N/c1-5-20(18-12-8-6-9-13-18)21(16-17(2)22(3)4)19-14-10-7-11-15-19/h6-15,17H,5,16H2,1-4H3/b21-20-/t17-/m0/s1. The predicted octanol–water partition coefficient (Wildman–Crippen LogP) is 5.35. The molecule has 0 saturated heterocycles. The number of benzene rings is 2. The molecule has 2 aromatic carbocycles. The van der Waals surface area contributed by atoms with Crippen LogP contribution in [-0.2, 0) is 0 Å². The second-order valence-corrected chi connectivity index (χ2v) is 6.06. The van der Waals surface area contributed by atoms with E-state index in [0.717, 1.165) is 12.8 Å². The first-order valence-corrected chi connectivity index (χ1v) is 8.12. The van der Waals surface area contributed by atoms with Crippen LogP contribution in [0, 0.1) is 0 Å². The fourth-order valence-electron chi connectivity index (χ4n) is 2.76. The Kier molecular flexibility index (Phi) is 5.97. The normalized spacial score (nSPS) is 13.9. The maximum Gasteiger partial charge on any atom is 0.0102 e. The molecule has 0 aromatic heterocycles. The molecule has 22 heavy (non-hydrogen) atoms. The molecule has 1 nitrogen and oxygen atoms in total. The fraction of sp³-hybridized carbons (Fsp3) is 0.333. The Balaban J connectivity index is 2.52. The molecule has 0 bridgehead atoms. The smallest absolute Gasteiger partial charge is 0.0102 e. The minimum atomic E-state index is 0.514. The van der Waals surface area contributed by atoms with E-state index in [0.29, 0.717) is 6.04 Å². The minimum absolute atomic E-state index is 0.514. The van der Waals surface area contributed by atoms with Gasteiger partial charge in [-0.3, -0.25) is 0 Å². The van der Waals surface area contributed by atoms with Gasteiger partial charge in [0.1, 0.15) is 0 Å². The molecule has 0 amide bonds. The van der Waals surface area contributed by atoms with Crippen molar-refractivity contribution in [3.8, 4) is 0 Å². The van der Waals surface area contributed by atoms with Gasteiger partial charge < -0.3 is 4.90 Å². The quantitative estimate of drug-likeness (QED) is 0.649. The highest BCUT2D eigenvalue weighted by Gasteiger charge is 2.14. The lowest BCUT2D eigenvalue weighted by atomic mass is 9.89. The van der Waals surface area contributed by atoms with Crippen LogP contribution in [0.1, 0.15) is 37.8 Å². The third-order valence-electron chi connectivity index (χ3n) is 4.34. The van der Waals surface area contributed by atoms with Crippen molar-refractivity contribution >= 4 is 11.1 Å². The average molecular weight is 293 g/mol. The monoisotopic (exact) mass is 293 g/mol. The molecule has 0 aliphatic rings.